The van der Waals surface area contributed by atoms with Gasteiger partial charge >= 0.3 is 0 Å². The third-order valence-corrected chi connectivity index (χ3v) is 5.54. The van der Waals surface area contributed by atoms with Crippen molar-refractivity contribution in [3.8, 4) is 5.75 Å². The predicted octanol–water partition coefficient (Wildman–Crippen LogP) is 4.32. The highest BCUT2D eigenvalue weighted by Gasteiger charge is 2.20. The summed E-state index contributed by atoms with van der Waals surface area (Å²) in [5, 5.41) is 12.7. The largest absolute Gasteiger partial charge is 0.495 e. The molecule has 0 bridgehead atoms. The minimum atomic E-state index is -0.677. The Bertz CT molecular complexity index is 475. The van der Waals surface area contributed by atoms with E-state index in [9.17, 15) is 5.11 Å². The van der Waals surface area contributed by atoms with Gasteiger partial charge in [-0.25, -0.2) is 0 Å². The lowest BCUT2D eigenvalue weighted by molar-refractivity contribution is 0.223. The van der Waals surface area contributed by atoms with Gasteiger partial charge in [0, 0.05) is 4.88 Å². The number of aliphatic hydroxyl groups is 1. The summed E-state index contributed by atoms with van der Waals surface area (Å²) in [5.41, 5.74) is 0. The Morgan fingerprint density at radius 1 is 1.56 bits per heavy atom. The molecule has 0 amide bonds. The van der Waals surface area contributed by atoms with Crippen LogP contribution in [0, 0.1) is 0 Å². The first kappa shape index (κ1) is 12.4. The summed E-state index contributed by atoms with van der Waals surface area (Å²) in [6.45, 7) is 0. The number of hydrogen-bond acceptors (Lipinski definition) is 4. The van der Waals surface area contributed by atoms with Crippen molar-refractivity contribution in [2.24, 2.45) is 0 Å². The first-order valence-corrected chi connectivity index (χ1v) is 7.24. The van der Waals surface area contributed by atoms with Gasteiger partial charge in [0.1, 0.15) is 11.9 Å². The van der Waals surface area contributed by atoms with E-state index in [1.807, 2.05) is 11.4 Å². The van der Waals surface area contributed by atoms with Gasteiger partial charge in [0.05, 0.1) is 20.8 Å². The summed E-state index contributed by atoms with van der Waals surface area (Å²) in [4.78, 5) is 1.60. The zero-order valence-electron chi connectivity index (χ0n) is 8.24. The number of halogens is 2. The van der Waals surface area contributed by atoms with E-state index >= 15 is 0 Å². The molecule has 0 saturated carbocycles. The van der Waals surface area contributed by atoms with Crippen LogP contribution in [0.3, 0.4) is 0 Å². The van der Waals surface area contributed by atoms with Crippen molar-refractivity contribution in [2.45, 2.75) is 6.10 Å². The molecule has 2 aromatic rings. The molecule has 2 heterocycles. The first-order valence-electron chi connectivity index (χ1n) is 4.37. The monoisotopic (exact) mass is 338 g/mol. The van der Waals surface area contributed by atoms with Crippen LogP contribution >= 0.6 is 50.2 Å². The Kier molecular flexibility index (Phi) is 3.92. The van der Waals surface area contributed by atoms with Crippen LogP contribution in [0.4, 0.5) is 0 Å². The smallest absolute Gasteiger partial charge is 0.135 e. The van der Waals surface area contributed by atoms with Crippen LogP contribution in [-0.4, -0.2) is 12.2 Å². The first-order chi connectivity index (χ1) is 7.63. The molecule has 2 aromatic heterocycles. The second kappa shape index (κ2) is 5.06. The van der Waals surface area contributed by atoms with Crippen LogP contribution < -0.4 is 4.74 Å². The summed E-state index contributed by atoms with van der Waals surface area (Å²) in [7, 11) is 1.59. The Balaban J connectivity index is 2.35. The van der Waals surface area contributed by atoms with Crippen molar-refractivity contribution in [1.29, 1.82) is 0 Å². The topological polar surface area (TPSA) is 29.5 Å². The van der Waals surface area contributed by atoms with E-state index in [1.165, 1.54) is 22.7 Å². The van der Waals surface area contributed by atoms with Crippen LogP contribution in [0.1, 0.15) is 15.9 Å². The fraction of sp³-hybridized carbons (Fsp3) is 0.200. The Morgan fingerprint density at radius 3 is 2.88 bits per heavy atom. The van der Waals surface area contributed by atoms with Gasteiger partial charge in [-0.2, -0.15) is 0 Å². The molecule has 0 spiro atoms. The van der Waals surface area contributed by atoms with Gasteiger partial charge in [0.15, 0.2) is 0 Å². The summed E-state index contributed by atoms with van der Waals surface area (Å²) in [5.74, 6) is 0.707. The standard InChI is InChI=1S/C10H8BrClO2S2/c1-14-6-2-3-15-9(6)8(13)7-4-5(12)10(11)16-7/h2-4,8,13H,1H3. The van der Waals surface area contributed by atoms with Crippen molar-refractivity contribution < 1.29 is 9.84 Å². The lowest BCUT2D eigenvalue weighted by Gasteiger charge is -2.08. The number of hydrogen-bond donors (Lipinski definition) is 1. The average Bonchev–Trinajstić information content (AvgIpc) is 2.85. The molecule has 0 fully saturated rings. The van der Waals surface area contributed by atoms with Gasteiger partial charge in [-0.05, 0) is 33.4 Å². The molecule has 0 radical (unpaired) electrons. The van der Waals surface area contributed by atoms with Gasteiger partial charge in [0.25, 0.3) is 0 Å². The molecule has 1 atom stereocenters. The fourth-order valence-corrected chi connectivity index (χ4v) is 3.98. The molecule has 0 aliphatic carbocycles. The highest BCUT2D eigenvalue weighted by molar-refractivity contribution is 9.11. The molecule has 6 heteroatoms. The fourth-order valence-electron chi connectivity index (χ4n) is 1.30. The lowest BCUT2D eigenvalue weighted by Crippen LogP contribution is -1.96. The van der Waals surface area contributed by atoms with E-state index in [-0.39, 0.29) is 0 Å². The number of rotatable bonds is 3. The Hall–Kier alpha value is -0.0700. The van der Waals surface area contributed by atoms with Crippen molar-refractivity contribution in [2.75, 3.05) is 7.11 Å². The molecule has 86 valence electrons. The van der Waals surface area contributed by atoms with E-state index in [2.05, 4.69) is 15.9 Å². The van der Waals surface area contributed by atoms with Crippen LogP contribution in [0.15, 0.2) is 21.3 Å². The van der Waals surface area contributed by atoms with Crippen LogP contribution in [-0.2, 0) is 0 Å². The van der Waals surface area contributed by atoms with Crippen LogP contribution in [0.2, 0.25) is 5.02 Å². The average molecular weight is 340 g/mol. The molecule has 0 aliphatic rings. The van der Waals surface area contributed by atoms with E-state index in [4.69, 9.17) is 16.3 Å². The second-order valence-corrected chi connectivity index (χ2v) is 6.78. The van der Waals surface area contributed by atoms with Crippen LogP contribution in [0.5, 0.6) is 5.75 Å². The Labute approximate surface area is 115 Å². The number of ether oxygens (including phenoxy) is 1. The number of thiophene rings is 2. The minimum absolute atomic E-state index is 0.620. The predicted molar refractivity (Wildman–Crippen MR) is 72.0 cm³/mol. The van der Waals surface area contributed by atoms with E-state index in [1.54, 1.807) is 13.2 Å². The number of methoxy groups -OCH3 is 1. The van der Waals surface area contributed by atoms with E-state index in [0.717, 1.165) is 13.5 Å². The third-order valence-electron chi connectivity index (χ3n) is 2.06. The molecule has 2 rings (SSSR count). The highest BCUT2D eigenvalue weighted by Crippen LogP contribution is 2.41. The highest BCUT2D eigenvalue weighted by atomic mass is 79.9. The SMILES string of the molecule is COc1ccsc1C(O)c1cc(Cl)c(Br)s1. The quantitative estimate of drug-likeness (QED) is 0.902. The molecule has 0 aliphatic heterocycles. The van der Waals surface area contributed by atoms with Gasteiger partial charge in [-0.1, -0.05) is 11.6 Å². The van der Waals surface area contributed by atoms with Crippen LogP contribution in [0.25, 0.3) is 0 Å². The molecular formula is C10H8BrClO2S2. The zero-order chi connectivity index (χ0) is 11.7. The summed E-state index contributed by atoms with van der Waals surface area (Å²) >= 11 is 12.2. The van der Waals surface area contributed by atoms with Crippen molar-refractivity contribution >= 4 is 50.2 Å². The molecule has 0 saturated heterocycles. The minimum Gasteiger partial charge on any atom is -0.495 e. The Morgan fingerprint density at radius 2 is 2.31 bits per heavy atom. The lowest BCUT2D eigenvalue weighted by atomic mass is 10.2. The molecule has 2 nitrogen and oxygen atoms in total. The maximum absolute atomic E-state index is 10.2. The maximum Gasteiger partial charge on any atom is 0.135 e. The van der Waals surface area contributed by atoms with E-state index < -0.39 is 6.10 Å². The zero-order valence-corrected chi connectivity index (χ0v) is 12.2. The third kappa shape index (κ3) is 2.28. The number of aliphatic hydroxyl groups excluding tert-OH is 1. The van der Waals surface area contributed by atoms with E-state index in [0.29, 0.717) is 10.8 Å². The van der Waals surface area contributed by atoms with Gasteiger partial charge in [0.2, 0.25) is 0 Å². The summed E-state index contributed by atoms with van der Waals surface area (Å²) in [6, 6.07) is 3.60. The molecule has 0 aromatic carbocycles. The summed E-state index contributed by atoms with van der Waals surface area (Å²) in [6.07, 6.45) is -0.677. The van der Waals surface area contributed by atoms with Crippen molar-refractivity contribution in [3.63, 3.8) is 0 Å². The molecule has 1 unspecified atom stereocenters. The summed E-state index contributed by atoms with van der Waals surface area (Å²) < 4.78 is 6.01. The maximum atomic E-state index is 10.2. The molecule has 1 N–H and O–H groups in total. The van der Waals surface area contributed by atoms with Crippen molar-refractivity contribution in [3.05, 3.63) is 36.1 Å². The second-order valence-electron chi connectivity index (χ2n) is 3.03. The van der Waals surface area contributed by atoms with Gasteiger partial charge in [-0.3, -0.25) is 0 Å². The molecule has 16 heavy (non-hydrogen) atoms. The van der Waals surface area contributed by atoms with Gasteiger partial charge in [-0.15, -0.1) is 22.7 Å². The normalized spacial score (nSPS) is 12.8. The van der Waals surface area contributed by atoms with Crippen molar-refractivity contribution in [1.82, 2.24) is 0 Å². The molecular weight excluding hydrogens is 332 g/mol. The van der Waals surface area contributed by atoms with Gasteiger partial charge < -0.3 is 9.84 Å².